The summed E-state index contributed by atoms with van der Waals surface area (Å²) in [7, 11) is 0. The number of aliphatic hydroxyl groups is 2. The van der Waals surface area contributed by atoms with E-state index in [1.807, 2.05) is 0 Å². The first kappa shape index (κ1) is 27.4. The number of anilines is 2. The summed E-state index contributed by atoms with van der Waals surface area (Å²) in [6.07, 6.45) is -25.1. The number of hydrogen-bond acceptors (Lipinski definition) is 4. The molecule has 0 saturated carbocycles. The fraction of sp³-hybridized carbons (Fsp3) is 0.300. The Kier molecular flexibility index (Phi) is 5.85. The molecule has 16 heteroatoms. The van der Waals surface area contributed by atoms with Crippen molar-refractivity contribution < 1.29 is 62.9 Å². The second kappa shape index (κ2) is 7.68. The number of hydrogen-bond donors (Lipinski definition) is 4. The molecule has 0 spiro atoms. The molecule has 0 heterocycles. The van der Waals surface area contributed by atoms with Crippen molar-refractivity contribution in [2.24, 2.45) is 0 Å². The molecule has 198 valence electrons. The Labute approximate surface area is 191 Å². The minimum absolute atomic E-state index is 0.171. The number of rotatable bonds is 2. The minimum Gasteiger partial charge on any atom is -0.398 e. The number of nitrogens with two attached hydrogens (primary N) is 2. The monoisotopic (exact) mass is 540 g/mol. The van der Waals surface area contributed by atoms with Gasteiger partial charge in [-0.2, -0.15) is 52.7 Å². The van der Waals surface area contributed by atoms with Gasteiger partial charge in [-0.25, -0.2) is 0 Å². The maximum Gasteiger partial charge on any atom is 0.430 e. The predicted molar refractivity (Wildman–Crippen MR) is 102 cm³/mol. The van der Waals surface area contributed by atoms with Gasteiger partial charge in [-0.1, -0.05) is 24.3 Å². The summed E-state index contributed by atoms with van der Waals surface area (Å²) in [6, 6.07) is 3.00. The van der Waals surface area contributed by atoms with E-state index in [2.05, 4.69) is 0 Å². The Balaban J connectivity index is 2.38. The van der Waals surface area contributed by atoms with Crippen molar-refractivity contribution in [1.82, 2.24) is 0 Å². The molecule has 0 aliphatic rings. The van der Waals surface area contributed by atoms with E-state index in [0.29, 0.717) is 12.1 Å². The first-order valence-corrected chi connectivity index (χ1v) is 9.27. The van der Waals surface area contributed by atoms with E-state index in [9.17, 15) is 62.9 Å². The van der Waals surface area contributed by atoms with Gasteiger partial charge in [0.15, 0.2) is 0 Å². The van der Waals surface area contributed by atoms with E-state index < -0.39 is 69.2 Å². The minimum atomic E-state index is -6.27. The van der Waals surface area contributed by atoms with E-state index >= 15 is 0 Å². The molecule has 3 aromatic rings. The van der Waals surface area contributed by atoms with E-state index in [-0.39, 0.29) is 22.9 Å². The van der Waals surface area contributed by atoms with Gasteiger partial charge in [0.05, 0.1) is 0 Å². The van der Waals surface area contributed by atoms with Crippen LogP contribution < -0.4 is 11.5 Å². The SMILES string of the molecule is Nc1cc2c(ccc3c(N)c(C(O)(C(F)(F)F)C(F)(F)F)ccc32)cc1C(O)(C(F)(F)F)C(F)(F)F. The Hall–Kier alpha value is -3.14. The van der Waals surface area contributed by atoms with Crippen LogP contribution in [0.25, 0.3) is 21.5 Å². The second-order valence-electron chi connectivity index (χ2n) is 7.76. The highest BCUT2D eigenvalue weighted by molar-refractivity contribution is 6.12. The molecule has 3 aromatic carbocycles. The van der Waals surface area contributed by atoms with Crippen LogP contribution in [0.15, 0.2) is 36.4 Å². The molecule has 36 heavy (non-hydrogen) atoms. The van der Waals surface area contributed by atoms with Crippen LogP contribution in [0, 0.1) is 0 Å². The van der Waals surface area contributed by atoms with Crippen molar-refractivity contribution in [3.8, 4) is 0 Å². The quantitative estimate of drug-likeness (QED) is 0.188. The fourth-order valence-electron chi connectivity index (χ4n) is 3.79. The summed E-state index contributed by atoms with van der Waals surface area (Å²) in [6.45, 7) is 0. The van der Waals surface area contributed by atoms with Crippen molar-refractivity contribution in [2.45, 2.75) is 35.9 Å². The number of halogens is 12. The smallest absolute Gasteiger partial charge is 0.398 e. The van der Waals surface area contributed by atoms with Crippen LogP contribution in [-0.2, 0) is 11.2 Å². The summed E-state index contributed by atoms with van der Waals surface area (Å²) < 4.78 is 159. The standard InChI is InChI=1S/C20H12F12N2O2/c21-17(22,23)15(35,18(24,25)26)11-4-3-8-9(14(11)34)2-1-7-5-12(13(33)6-10(7)8)16(36,19(27,28)29)20(30,31)32/h1-6,35-36H,33-34H2. The molecule has 0 atom stereocenters. The van der Waals surface area contributed by atoms with E-state index in [1.54, 1.807) is 0 Å². The van der Waals surface area contributed by atoms with Crippen LogP contribution in [0.4, 0.5) is 64.1 Å². The topological polar surface area (TPSA) is 92.5 Å². The molecular formula is C20H12F12N2O2. The van der Waals surface area contributed by atoms with Crippen LogP contribution in [0.1, 0.15) is 11.1 Å². The lowest BCUT2D eigenvalue weighted by Crippen LogP contribution is -2.54. The molecule has 0 unspecified atom stereocenters. The van der Waals surface area contributed by atoms with Gasteiger partial charge in [-0.15, -0.1) is 0 Å². The highest BCUT2D eigenvalue weighted by Gasteiger charge is 2.73. The first-order valence-electron chi connectivity index (χ1n) is 9.27. The van der Waals surface area contributed by atoms with Gasteiger partial charge in [0.1, 0.15) is 0 Å². The van der Waals surface area contributed by atoms with Crippen LogP contribution in [0.2, 0.25) is 0 Å². The van der Waals surface area contributed by atoms with E-state index in [1.165, 1.54) is 0 Å². The largest absolute Gasteiger partial charge is 0.430 e. The molecule has 4 nitrogen and oxygen atoms in total. The molecule has 0 aliphatic heterocycles. The maximum absolute atomic E-state index is 13.3. The summed E-state index contributed by atoms with van der Waals surface area (Å²) in [5.41, 5.74) is -5.96. The number of benzene rings is 3. The lowest BCUT2D eigenvalue weighted by molar-refractivity contribution is -0.376. The zero-order valence-corrected chi connectivity index (χ0v) is 17.0. The van der Waals surface area contributed by atoms with E-state index in [4.69, 9.17) is 11.5 Å². The number of alkyl halides is 12. The zero-order valence-electron chi connectivity index (χ0n) is 17.0. The molecule has 3 rings (SSSR count). The Morgan fingerprint density at radius 1 is 0.500 bits per heavy atom. The number of fused-ring (bicyclic) bond motifs is 3. The lowest BCUT2D eigenvalue weighted by atomic mass is 9.85. The second-order valence-corrected chi connectivity index (χ2v) is 7.76. The molecule has 0 aromatic heterocycles. The van der Waals surface area contributed by atoms with Crippen molar-refractivity contribution in [3.63, 3.8) is 0 Å². The predicted octanol–water partition coefficient (Wildman–Crippen LogP) is 5.78. The third kappa shape index (κ3) is 3.65. The van der Waals surface area contributed by atoms with Gasteiger partial charge >= 0.3 is 24.7 Å². The molecule has 6 N–H and O–H groups in total. The molecule has 0 aliphatic carbocycles. The average molecular weight is 540 g/mol. The van der Waals surface area contributed by atoms with Crippen LogP contribution in [0.5, 0.6) is 0 Å². The average Bonchev–Trinajstić information content (AvgIpc) is 2.69. The highest BCUT2D eigenvalue weighted by Crippen LogP contribution is 2.54. The third-order valence-electron chi connectivity index (χ3n) is 5.65. The van der Waals surface area contributed by atoms with Gasteiger partial charge in [0.25, 0.3) is 11.2 Å². The van der Waals surface area contributed by atoms with Gasteiger partial charge in [0, 0.05) is 27.9 Å². The van der Waals surface area contributed by atoms with Crippen LogP contribution in [-0.4, -0.2) is 34.9 Å². The zero-order chi connectivity index (χ0) is 27.9. The van der Waals surface area contributed by atoms with Gasteiger partial charge in [0.2, 0.25) is 0 Å². The lowest BCUT2D eigenvalue weighted by Gasteiger charge is -2.34. The molecule has 0 fully saturated rings. The molecule has 0 radical (unpaired) electrons. The van der Waals surface area contributed by atoms with Crippen molar-refractivity contribution in [3.05, 3.63) is 47.5 Å². The highest BCUT2D eigenvalue weighted by atomic mass is 19.4. The van der Waals surface area contributed by atoms with Gasteiger partial charge in [-0.3, -0.25) is 0 Å². The normalized spacial score (nSPS) is 14.6. The van der Waals surface area contributed by atoms with Crippen LogP contribution >= 0.6 is 0 Å². The van der Waals surface area contributed by atoms with Crippen molar-refractivity contribution in [2.75, 3.05) is 11.5 Å². The van der Waals surface area contributed by atoms with Crippen molar-refractivity contribution in [1.29, 1.82) is 0 Å². The Morgan fingerprint density at radius 2 is 0.917 bits per heavy atom. The fourth-order valence-corrected chi connectivity index (χ4v) is 3.79. The third-order valence-corrected chi connectivity index (χ3v) is 5.65. The Morgan fingerprint density at radius 3 is 1.36 bits per heavy atom. The molecular weight excluding hydrogens is 528 g/mol. The number of nitrogen functional groups attached to an aromatic ring is 2. The van der Waals surface area contributed by atoms with Gasteiger partial charge in [-0.05, 0) is 28.3 Å². The maximum atomic E-state index is 13.3. The summed E-state index contributed by atoms with van der Waals surface area (Å²) in [4.78, 5) is 0. The summed E-state index contributed by atoms with van der Waals surface area (Å²) in [5, 5.41) is 17.6. The van der Waals surface area contributed by atoms with Crippen molar-refractivity contribution >= 4 is 32.9 Å². The summed E-state index contributed by atoms with van der Waals surface area (Å²) in [5.74, 6) is 0. The Bertz CT molecular complexity index is 1280. The molecule has 0 bridgehead atoms. The summed E-state index contributed by atoms with van der Waals surface area (Å²) >= 11 is 0. The van der Waals surface area contributed by atoms with Gasteiger partial charge < -0.3 is 21.7 Å². The molecule has 0 saturated heterocycles. The van der Waals surface area contributed by atoms with E-state index in [0.717, 1.165) is 12.1 Å². The van der Waals surface area contributed by atoms with Crippen LogP contribution in [0.3, 0.4) is 0 Å². The first-order chi connectivity index (χ1) is 16.0. The molecule has 0 amide bonds.